The van der Waals surface area contributed by atoms with Crippen LogP contribution >= 0.6 is 34.5 Å². The molecule has 8 nitrogen and oxygen atoms in total. The van der Waals surface area contributed by atoms with E-state index >= 15 is 0 Å². The lowest BCUT2D eigenvalue weighted by Crippen LogP contribution is -2.36. The normalized spacial score (nSPS) is 12.0. The lowest BCUT2D eigenvalue weighted by Gasteiger charge is -2.23. The summed E-state index contributed by atoms with van der Waals surface area (Å²) in [7, 11) is -3.75. The third-order valence-corrected chi connectivity index (χ3v) is 10.8. The topological polar surface area (TPSA) is 100 Å². The largest absolute Gasteiger partial charge is 0.384 e. The Labute approximate surface area is 260 Å². The first-order chi connectivity index (χ1) is 20.0. The Morgan fingerprint density at radius 1 is 0.762 bits per heavy atom. The summed E-state index contributed by atoms with van der Waals surface area (Å²) in [5.41, 5.74) is 5.74. The molecule has 0 saturated carbocycles. The van der Waals surface area contributed by atoms with Crippen molar-refractivity contribution >= 4 is 77.7 Å². The third kappa shape index (κ3) is 6.79. The molecule has 220 valence electrons. The second kappa shape index (κ2) is 12.7. The van der Waals surface area contributed by atoms with Gasteiger partial charge in [0.05, 0.1) is 21.7 Å². The molecule has 5 aromatic rings. The smallest absolute Gasteiger partial charge is 0.254 e. The van der Waals surface area contributed by atoms with E-state index < -0.39 is 10.0 Å². The summed E-state index contributed by atoms with van der Waals surface area (Å²) < 4.78 is 29.5. The molecule has 0 aliphatic heterocycles. The zero-order valence-electron chi connectivity index (χ0n) is 23.8. The fraction of sp³-hybridized carbons (Fsp3) is 0.300. The highest BCUT2D eigenvalue weighted by molar-refractivity contribution is 7.91. The Morgan fingerprint density at radius 2 is 1.31 bits per heavy atom. The number of halogens is 2. The Morgan fingerprint density at radius 3 is 1.83 bits per heavy atom. The number of nitrogens with one attached hydrogen (secondary N) is 2. The molecule has 0 aliphatic carbocycles. The molecule has 0 radical (unpaired) electrons. The van der Waals surface area contributed by atoms with Crippen molar-refractivity contribution in [3.8, 4) is 0 Å². The van der Waals surface area contributed by atoms with Gasteiger partial charge in [-0.25, -0.2) is 13.4 Å². The summed E-state index contributed by atoms with van der Waals surface area (Å²) in [6, 6.07) is 15.1. The molecule has 42 heavy (non-hydrogen) atoms. The molecule has 0 bridgehead atoms. The fourth-order valence-corrected chi connectivity index (χ4v) is 8.41. The summed E-state index contributed by atoms with van der Waals surface area (Å²) >= 11 is 13.7. The standard InChI is InChI=1S/C30H32Cl2N6O2S2/c1-18-14-28(24-16-22(31)6-8-26(24)35-18)33-10-5-12-38(42(39,40)30-20(3)37-21(4)41-30)13-11-34-29-15-19(2)36-27-9-7-23(32)17-25(27)29/h6-9,14-17H,5,10-13H2,1-4H3,(H,33,35)(H,34,36). The van der Waals surface area contributed by atoms with Crippen LogP contribution < -0.4 is 10.6 Å². The second-order valence-electron chi connectivity index (χ2n) is 10.2. The van der Waals surface area contributed by atoms with E-state index in [9.17, 15) is 8.42 Å². The number of fused-ring (bicyclic) bond motifs is 2. The number of hydrogen-bond acceptors (Lipinski definition) is 8. The van der Waals surface area contributed by atoms with Gasteiger partial charge in [0.1, 0.15) is 0 Å². The Balaban J connectivity index is 1.33. The lowest BCUT2D eigenvalue weighted by atomic mass is 10.1. The minimum Gasteiger partial charge on any atom is -0.384 e. The molecular formula is C30H32Cl2N6O2S2. The Bertz CT molecular complexity index is 1880. The minimum atomic E-state index is -3.75. The number of rotatable bonds is 11. The summed E-state index contributed by atoms with van der Waals surface area (Å²) in [4.78, 5) is 13.5. The van der Waals surface area contributed by atoms with Gasteiger partial charge in [0.15, 0.2) is 4.21 Å². The SMILES string of the molecule is Cc1cc(NCCCN(CCNc2cc(C)nc3ccc(Cl)cc23)S(=O)(=O)c2sc(C)nc2C)c2cc(Cl)ccc2n1. The molecule has 0 unspecified atom stereocenters. The van der Waals surface area contributed by atoms with Crippen molar-refractivity contribution in [2.24, 2.45) is 0 Å². The van der Waals surface area contributed by atoms with E-state index in [0.29, 0.717) is 41.8 Å². The van der Waals surface area contributed by atoms with E-state index in [1.807, 2.05) is 69.3 Å². The molecule has 3 aromatic heterocycles. The maximum atomic E-state index is 13.8. The van der Waals surface area contributed by atoms with Crippen LogP contribution in [0.2, 0.25) is 10.0 Å². The molecule has 0 spiro atoms. The second-order valence-corrected chi connectivity index (χ2v) is 14.4. The third-order valence-electron chi connectivity index (χ3n) is 6.81. The van der Waals surface area contributed by atoms with E-state index in [1.165, 1.54) is 15.6 Å². The average molecular weight is 644 g/mol. The molecule has 0 aliphatic rings. The zero-order valence-corrected chi connectivity index (χ0v) is 27.0. The van der Waals surface area contributed by atoms with Gasteiger partial charge < -0.3 is 10.6 Å². The van der Waals surface area contributed by atoms with Gasteiger partial charge in [-0.3, -0.25) is 9.97 Å². The zero-order chi connectivity index (χ0) is 30.0. The monoisotopic (exact) mass is 642 g/mol. The van der Waals surface area contributed by atoms with Gasteiger partial charge in [-0.2, -0.15) is 4.31 Å². The van der Waals surface area contributed by atoms with Crippen molar-refractivity contribution in [1.82, 2.24) is 19.3 Å². The summed E-state index contributed by atoms with van der Waals surface area (Å²) in [5.74, 6) is 0. The van der Waals surface area contributed by atoms with Crippen molar-refractivity contribution in [3.63, 3.8) is 0 Å². The average Bonchev–Trinajstić information content (AvgIpc) is 3.28. The summed E-state index contributed by atoms with van der Waals surface area (Å²) in [5, 5.41) is 10.7. The highest BCUT2D eigenvalue weighted by Gasteiger charge is 2.28. The molecule has 2 N–H and O–H groups in total. The molecule has 3 heterocycles. The predicted molar refractivity (Wildman–Crippen MR) is 175 cm³/mol. The number of aromatic nitrogens is 3. The van der Waals surface area contributed by atoms with E-state index in [2.05, 4.69) is 25.6 Å². The van der Waals surface area contributed by atoms with Crippen molar-refractivity contribution in [2.45, 2.75) is 38.3 Å². The van der Waals surface area contributed by atoms with Crippen LogP contribution in [0.15, 0.2) is 52.7 Å². The predicted octanol–water partition coefficient (Wildman–Crippen LogP) is 7.38. The number of aryl methyl sites for hydroxylation is 4. The van der Waals surface area contributed by atoms with Crippen molar-refractivity contribution < 1.29 is 8.42 Å². The van der Waals surface area contributed by atoms with Crippen LogP contribution in [0.4, 0.5) is 11.4 Å². The van der Waals surface area contributed by atoms with E-state index in [4.69, 9.17) is 23.2 Å². The highest BCUT2D eigenvalue weighted by Crippen LogP contribution is 2.29. The summed E-state index contributed by atoms with van der Waals surface area (Å²) in [6.07, 6.45) is 0.590. The van der Waals surface area contributed by atoms with Crippen LogP contribution in [0.3, 0.4) is 0 Å². The Kier molecular flexibility index (Phi) is 9.20. The molecule has 0 atom stereocenters. The molecular weight excluding hydrogens is 611 g/mol. The first-order valence-electron chi connectivity index (χ1n) is 13.6. The number of nitrogens with zero attached hydrogens (tertiary/aromatic N) is 4. The van der Waals surface area contributed by atoms with Crippen molar-refractivity contribution in [3.05, 3.63) is 80.7 Å². The number of thiazole rings is 1. The molecule has 12 heteroatoms. The van der Waals surface area contributed by atoms with Crippen LogP contribution in [-0.2, 0) is 10.0 Å². The fourth-order valence-electron chi connectivity index (χ4n) is 4.97. The number of anilines is 2. The van der Waals surface area contributed by atoms with E-state index in [1.54, 1.807) is 6.92 Å². The molecule has 0 saturated heterocycles. The quantitative estimate of drug-likeness (QED) is 0.145. The van der Waals surface area contributed by atoms with Crippen molar-refractivity contribution in [1.29, 1.82) is 0 Å². The van der Waals surface area contributed by atoms with Crippen LogP contribution in [0.1, 0.15) is 28.5 Å². The van der Waals surface area contributed by atoms with Gasteiger partial charge >= 0.3 is 0 Å². The number of hydrogen-bond donors (Lipinski definition) is 2. The summed E-state index contributed by atoms with van der Waals surface area (Å²) in [6.45, 7) is 9.01. The van der Waals surface area contributed by atoms with Crippen LogP contribution in [0, 0.1) is 27.7 Å². The van der Waals surface area contributed by atoms with Gasteiger partial charge in [-0.1, -0.05) is 23.2 Å². The number of pyridine rings is 2. The molecule has 5 rings (SSSR count). The van der Waals surface area contributed by atoms with Gasteiger partial charge in [0.2, 0.25) is 0 Å². The van der Waals surface area contributed by atoms with Crippen LogP contribution in [0.5, 0.6) is 0 Å². The van der Waals surface area contributed by atoms with E-state index in [0.717, 1.165) is 49.6 Å². The van der Waals surface area contributed by atoms with Gasteiger partial charge in [-0.15, -0.1) is 11.3 Å². The van der Waals surface area contributed by atoms with Crippen molar-refractivity contribution in [2.75, 3.05) is 36.8 Å². The minimum absolute atomic E-state index is 0.273. The first-order valence-corrected chi connectivity index (χ1v) is 16.6. The maximum Gasteiger partial charge on any atom is 0.254 e. The Hall–Kier alpha value is -3.02. The van der Waals surface area contributed by atoms with Crippen LogP contribution in [0.25, 0.3) is 21.8 Å². The van der Waals surface area contributed by atoms with Gasteiger partial charge in [-0.05, 0) is 82.6 Å². The van der Waals surface area contributed by atoms with Crippen LogP contribution in [-0.4, -0.2) is 53.9 Å². The van der Waals surface area contributed by atoms with E-state index in [-0.39, 0.29) is 10.8 Å². The first kappa shape index (κ1) is 30.4. The van der Waals surface area contributed by atoms with Gasteiger partial charge in [0.25, 0.3) is 10.0 Å². The maximum absolute atomic E-state index is 13.8. The lowest BCUT2D eigenvalue weighted by molar-refractivity contribution is 0.420. The number of benzene rings is 2. The van der Waals surface area contributed by atoms with Gasteiger partial charge in [0, 0.05) is 69.8 Å². The molecule has 2 aromatic carbocycles. The highest BCUT2D eigenvalue weighted by atomic mass is 35.5. The number of sulfonamides is 1. The molecule has 0 amide bonds. The molecule has 0 fully saturated rings.